The van der Waals surface area contributed by atoms with Gasteiger partial charge in [-0.1, -0.05) is 66.7 Å². The van der Waals surface area contributed by atoms with Crippen molar-refractivity contribution in [1.29, 1.82) is 0 Å². The van der Waals surface area contributed by atoms with Gasteiger partial charge in [0, 0.05) is 6.42 Å². The summed E-state index contributed by atoms with van der Waals surface area (Å²) in [6.45, 7) is 0. The predicted octanol–water partition coefficient (Wildman–Crippen LogP) is 3.15. The Bertz CT molecular complexity index is 1020. The molecule has 0 aliphatic heterocycles. The summed E-state index contributed by atoms with van der Waals surface area (Å²) in [5.74, 6) is -1.98. The highest BCUT2D eigenvalue weighted by Crippen LogP contribution is 2.44. The lowest BCUT2D eigenvalue weighted by Crippen LogP contribution is -2.47. The zero-order valence-corrected chi connectivity index (χ0v) is 15.1. The summed E-state index contributed by atoms with van der Waals surface area (Å²) in [4.78, 5) is 25.1. The molecular weight excluding hydrogens is 355 g/mol. The van der Waals surface area contributed by atoms with Crippen molar-refractivity contribution in [1.82, 2.24) is 5.32 Å². The fourth-order valence-electron chi connectivity index (χ4n) is 3.80. The number of carbonyl (C=O) groups is 2. The first-order chi connectivity index (χ1) is 13.6. The Labute approximate surface area is 162 Å². The quantitative estimate of drug-likeness (QED) is 0.720. The van der Waals surface area contributed by atoms with Gasteiger partial charge in [0.2, 0.25) is 11.8 Å². The molecule has 3 aromatic rings. The number of rotatable bonds is 5. The fourth-order valence-corrected chi connectivity index (χ4v) is 3.80. The fraction of sp³-hybridized carbons (Fsp3) is 0.130. The number of nitrogens with one attached hydrogen (secondary N) is 1. The molecule has 4 nitrogen and oxygen atoms in total. The summed E-state index contributed by atoms with van der Waals surface area (Å²) in [7, 11) is 0. The highest BCUT2D eigenvalue weighted by Gasteiger charge is 2.35. The molecule has 0 bridgehead atoms. The van der Waals surface area contributed by atoms with Gasteiger partial charge < -0.3 is 11.1 Å². The summed E-state index contributed by atoms with van der Waals surface area (Å²) in [5.41, 5.74) is 9.60. The molecule has 4 rings (SSSR count). The zero-order valence-electron chi connectivity index (χ0n) is 15.1. The van der Waals surface area contributed by atoms with Crippen molar-refractivity contribution in [2.24, 2.45) is 5.73 Å². The Balaban J connectivity index is 1.63. The molecule has 1 atom stereocenters. The first-order valence-corrected chi connectivity index (χ1v) is 9.07. The summed E-state index contributed by atoms with van der Waals surface area (Å²) in [5, 5.41) is 2.74. The van der Waals surface area contributed by atoms with Crippen LogP contribution in [0.3, 0.4) is 0 Å². The number of primary amides is 1. The lowest BCUT2D eigenvalue weighted by Gasteiger charge is -2.20. The van der Waals surface area contributed by atoms with Crippen LogP contribution < -0.4 is 11.1 Å². The molecule has 0 saturated heterocycles. The van der Waals surface area contributed by atoms with Gasteiger partial charge in [0.1, 0.15) is 11.9 Å². The maximum Gasteiger partial charge on any atom is 0.240 e. The van der Waals surface area contributed by atoms with Crippen molar-refractivity contribution in [2.45, 2.75) is 18.4 Å². The predicted molar refractivity (Wildman–Crippen MR) is 105 cm³/mol. The van der Waals surface area contributed by atoms with Gasteiger partial charge in [0.05, 0.1) is 5.92 Å². The van der Waals surface area contributed by atoms with E-state index in [1.54, 1.807) is 18.2 Å². The molecule has 2 amide bonds. The number of halogens is 1. The van der Waals surface area contributed by atoms with E-state index in [4.69, 9.17) is 5.73 Å². The van der Waals surface area contributed by atoms with Gasteiger partial charge in [-0.15, -0.1) is 0 Å². The lowest BCUT2D eigenvalue weighted by molar-refractivity contribution is -0.127. The van der Waals surface area contributed by atoms with Crippen LogP contribution in [-0.4, -0.2) is 17.9 Å². The molecule has 140 valence electrons. The minimum absolute atomic E-state index is 0.00373. The Morgan fingerprint density at radius 1 is 0.893 bits per heavy atom. The highest BCUT2D eigenvalue weighted by atomic mass is 19.1. The van der Waals surface area contributed by atoms with Crippen LogP contribution >= 0.6 is 0 Å². The standard InChI is InChI=1S/C23H19FN2O2/c24-19-12-6-1-7-14(19)13-20(22(25)27)26-23(28)21-17-10-4-2-8-15(17)16-9-3-5-11-18(16)21/h1-12,20-21H,13H2,(H2,25,27)(H,26,28)/t20-/m1/s1. The van der Waals surface area contributed by atoms with Gasteiger partial charge in [-0.2, -0.15) is 0 Å². The number of nitrogens with two attached hydrogens (primary N) is 1. The van der Waals surface area contributed by atoms with Crippen LogP contribution in [-0.2, 0) is 16.0 Å². The van der Waals surface area contributed by atoms with Crippen LogP contribution in [0, 0.1) is 5.82 Å². The van der Waals surface area contributed by atoms with E-state index in [0.29, 0.717) is 5.56 Å². The van der Waals surface area contributed by atoms with Crippen LogP contribution in [0.5, 0.6) is 0 Å². The molecule has 0 spiro atoms. The van der Waals surface area contributed by atoms with E-state index in [1.165, 1.54) is 6.07 Å². The van der Waals surface area contributed by atoms with E-state index >= 15 is 0 Å². The van der Waals surface area contributed by atoms with Gasteiger partial charge in [0.15, 0.2) is 0 Å². The highest BCUT2D eigenvalue weighted by molar-refractivity contribution is 5.98. The monoisotopic (exact) mass is 374 g/mol. The van der Waals surface area contributed by atoms with Gasteiger partial charge >= 0.3 is 0 Å². The molecule has 0 saturated carbocycles. The van der Waals surface area contributed by atoms with E-state index in [9.17, 15) is 14.0 Å². The minimum atomic E-state index is -0.996. The first kappa shape index (κ1) is 17.9. The van der Waals surface area contributed by atoms with E-state index in [1.807, 2.05) is 48.5 Å². The third kappa shape index (κ3) is 3.16. The summed E-state index contributed by atoms with van der Waals surface area (Å²) >= 11 is 0. The second-order valence-corrected chi connectivity index (χ2v) is 6.87. The van der Waals surface area contributed by atoms with Crippen LogP contribution in [0.4, 0.5) is 4.39 Å². The van der Waals surface area contributed by atoms with E-state index < -0.39 is 23.7 Å². The lowest BCUT2D eigenvalue weighted by atomic mass is 9.95. The molecular formula is C23H19FN2O2. The number of carbonyl (C=O) groups excluding carboxylic acids is 2. The normalized spacial score (nSPS) is 13.5. The van der Waals surface area contributed by atoms with E-state index in [0.717, 1.165) is 22.3 Å². The molecule has 0 fully saturated rings. The van der Waals surface area contributed by atoms with Crippen LogP contribution in [0.15, 0.2) is 72.8 Å². The Morgan fingerprint density at radius 3 is 2.00 bits per heavy atom. The van der Waals surface area contributed by atoms with Crippen molar-refractivity contribution in [2.75, 3.05) is 0 Å². The van der Waals surface area contributed by atoms with Crippen LogP contribution in [0.1, 0.15) is 22.6 Å². The molecule has 1 aliphatic carbocycles. The molecule has 0 heterocycles. The summed E-state index contributed by atoms with van der Waals surface area (Å²) < 4.78 is 14.0. The maximum atomic E-state index is 14.0. The van der Waals surface area contributed by atoms with Crippen molar-refractivity contribution < 1.29 is 14.0 Å². The summed E-state index contributed by atoms with van der Waals surface area (Å²) in [6, 6.07) is 20.6. The number of fused-ring (bicyclic) bond motifs is 3. The number of hydrogen-bond acceptors (Lipinski definition) is 2. The average Bonchev–Trinajstić information content (AvgIpc) is 3.03. The number of amides is 2. The summed E-state index contributed by atoms with van der Waals surface area (Å²) in [6.07, 6.45) is 0.00373. The Kier molecular flexibility index (Phi) is 4.65. The minimum Gasteiger partial charge on any atom is -0.368 e. The van der Waals surface area contributed by atoms with Crippen molar-refractivity contribution in [3.63, 3.8) is 0 Å². The average molecular weight is 374 g/mol. The van der Waals surface area contributed by atoms with Crippen molar-refractivity contribution in [3.8, 4) is 11.1 Å². The van der Waals surface area contributed by atoms with Gasteiger partial charge in [-0.25, -0.2) is 4.39 Å². The maximum absolute atomic E-state index is 14.0. The van der Waals surface area contributed by atoms with Gasteiger partial charge in [0.25, 0.3) is 0 Å². The first-order valence-electron chi connectivity index (χ1n) is 9.07. The van der Waals surface area contributed by atoms with Crippen LogP contribution in [0.25, 0.3) is 11.1 Å². The second kappa shape index (κ2) is 7.27. The largest absolute Gasteiger partial charge is 0.368 e. The van der Waals surface area contributed by atoms with E-state index in [2.05, 4.69) is 5.32 Å². The third-order valence-corrected chi connectivity index (χ3v) is 5.14. The molecule has 0 unspecified atom stereocenters. The SMILES string of the molecule is NC(=O)[C@@H](Cc1ccccc1F)NC(=O)C1c2ccccc2-c2ccccc21. The third-order valence-electron chi connectivity index (χ3n) is 5.14. The zero-order chi connectivity index (χ0) is 19.7. The van der Waals surface area contributed by atoms with Crippen LogP contribution in [0.2, 0.25) is 0 Å². The second-order valence-electron chi connectivity index (χ2n) is 6.87. The van der Waals surface area contributed by atoms with Crippen molar-refractivity contribution in [3.05, 3.63) is 95.3 Å². The molecule has 28 heavy (non-hydrogen) atoms. The molecule has 3 N–H and O–H groups in total. The molecule has 0 aromatic heterocycles. The van der Waals surface area contributed by atoms with Crippen molar-refractivity contribution >= 4 is 11.8 Å². The topological polar surface area (TPSA) is 72.2 Å². The van der Waals surface area contributed by atoms with Gasteiger partial charge in [-0.05, 0) is 33.9 Å². The molecule has 3 aromatic carbocycles. The smallest absolute Gasteiger partial charge is 0.240 e. The number of benzene rings is 3. The van der Waals surface area contributed by atoms with Gasteiger partial charge in [-0.3, -0.25) is 9.59 Å². The Morgan fingerprint density at radius 2 is 1.43 bits per heavy atom. The molecule has 5 heteroatoms. The number of hydrogen-bond donors (Lipinski definition) is 2. The van der Waals surface area contributed by atoms with E-state index in [-0.39, 0.29) is 12.3 Å². The Hall–Kier alpha value is -3.47. The molecule has 1 aliphatic rings. The molecule has 0 radical (unpaired) electrons.